The Morgan fingerprint density at radius 2 is 1.81 bits per heavy atom. The van der Waals surface area contributed by atoms with Crippen LogP contribution in [0.1, 0.15) is 18.4 Å². The minimum atomic E-state index is 0.566. The minimum absolute atomic E-state index is 0.566. The third kappa shape index (κ3) is 1.20. The van der Waals surface area contributed by atoms with E-state index in [-0.39, 0.29) is 0 Å². The fourth-order valence-electron chi connectivity index (χ4n) is 2.72. The van der Waals surface area contributed by atoms with Gasteiger partial charge in [-0.05, 0) is 36.3 Å². The third-order valence-electron chi connectivity index (χ3n) is 3.94. The second-order valence-corrected chi connectivity index (χ2v) is 5.18. The molecule has 0 bridgehead atoms. The topological polar surface area (TPSA) is 30.5 Å². The predicted octanol–water partition coefficient (Wildman–Crippen LogP) is 2.21. The van der Waals surface area contributed by atoms with Gasteiger partial charge in [0, 0.05) is 18.3 Å². The standard InChI is InChI=1S/C13H15NO2/c1-2-13(1)7-9-5-11-12(16-4-3-15-11)6-10(9)14-8-13/h5-6,14H,1-4,7-8H2. The highest BCUT2D eigenvalue weighted by Crippen LogP contribution is 2.52. The summed E-state index contributed by atoms with van der Waals surface area (Å²) in [6, 6.07) is 4.26. The van der Waals surface area contributed by atoms with Gasteiger partial charge in [0.1, 0.15) is 13.2 Å². The number of benzene rings is 1. The van der Waals surface area contributed by atoms with E-state index in [9.17, 15) is 0 Å². The molecule has 0 saturated heterocycles. The van der Waals surface area contributed by atoms with Crippen molar-refractivity contribution in [2.24, 2.45) is 5.41 Å². The first-order valence-corrected chi connectivity index (χ1v) is 6.01. The van der Waals surface area contributed by atoms with Crippen molar-refractivity contribution >= 4 is 5.69 Å². The molecule has 1 aromatic rings. The Morgan fingerprint density at radius 3 is 2.56 bits per heavy atom. The number of ether oxygens (including phenoxy) is 2. The normalized spacial score (nSPS) is 23.5. The van der Waals surface area contributed by atoms with Crippen LogP contribution in [0.25, 0.3) is 0 Å². The second-order valence-electron chi connectivity index (χ2n) is 5.18. The van der Waals surface area contributed by atoms with Crippen LogP contribution in [-0.4, -0.2) is 19.8 Å². The molecule has 0 unspecified atom stereocenters. The first-order chi connectivity index (χ1) is 7.85. The van der Waals surface area contributed by atoms with Crippen LogP contribution in [0.4, 0.5) is 5.69 Å². The molecule has 0 radical (unpaired) electrons. The van der Waals surface area contributed by atoms with Gasteiger partial charge >= 0.3 is 0 Å². The third-order valence-corrected chi connectivity index (χ3v) is 3.94. The zero-order valence-electron chi connectivity index (χ0n) is 9.21. The zero-order valence-corrected chi connectivity index (χ0v) is 9.21. The second kappa shape index (κ2) is 2.84. The van der Waals surface area contributed by atoms with Gasteiger partial charge in [-0.2, -0.15) is 0 Å². The Hall–Kier alpha value is -1.38. The highest BCUT2D eigenvalue weighted by Gasteiger charge is 2.45. The molecule has 1 fully saturated rings. The molecule has 1 N–H and O–H groups in total. The quantitative estimate of drug-likeness (QED) is 0.722. The molecule has 1 spiro atoms. The first kappa shape index (κ1) is 8.74. The highest BCUT2D eigenvalue weighted by molar-refractivity contribution is 5.63. The Labute approximate surface area is 94.7 Å². The summed E-state index contributed by atoms with van der Waals surface area (Å²) < 4.78 is 11.2. The van der Waals surface area contributed by atoms with Crippen LogP contribution < -0.4 is 14.8 Å². The first-order valence-electron chi connectivity index (χ1n) is 6.01. The number of rotatable bonds is 0. The summed E-state index contributed by atoms with van der Waals surface area (Å²) in [6.45, 7) is 2.46. The summed E-state index contributed by atoms with van der Waals surface area (Å²) in [5, 5.41) is 3.53. The molecule has 3 nitrogen and oxygen atoms in total. The van der Waals surface area contributed by atoms with Gasteiger partial charge in [-0.1, -0.05) is 0 Å². The Bertz CT molecular complexity index is 451. The molecule has 2 heterocycles. The van der Waals surface area contributed by atoms with Gasteiger partial charge in [-0.3, -0.25) is 0 Å². The van der Waals surface area contributed by atoms with Crippen molar-refractivity contribution in [1.29, 1.82) is 0 Å². The number of anilines is 1. The maximum absolute atomic E-state index is 5.63. The van der Waals surface area contributed by atoms with E-state index in [1.807, 2.05) is 0 Å². The van der Waals surface area contributed by atoms with Crippen molar-refractivity contribution in [1.82, 2.24) is 0 Å². The van der Waals surface area contributed by atoms with Crippen LogP contribution >= 0.6 is 0 Å². The maximum atomic E-state index is 5.63. The fourth-order valence-corrected chi connectivity index (χ4v) is 2.72. The van der Waals surface area contributed by atoms with Crippen LogP contribution in [0, 0.1) is 5.41 Å². The molecular weight excluding hydrogens is 202 g/mol. The van der Waals surface area contributed by atoms with Crippen molar-refractivity contribution in [3.05, 3.63) is 17.7 Å². The van der Waals surface area contributed by atoms with Gasteiger partial charge in [-0.25, -0.2) is 0 Å². The van der Waals surface area contributed by atoms with Gasteiger partial charge in [-0.15, -0.1) is 0 Å². The van der Waals surface area contributed by atoms with Crippen LogP contribution in [0.3, 0.4) is 0 Å². The number of hydrogen-bond acceptors (Lipinski definition) is 3. The van der Waals surface area contributed by atoms with Gasteiger partial charge < -0.3 is 14.8 Å². The minimum Gasteiger partial charge on any atom is -0.486 e. The highest BCUT2D eigenvalue weighted by atomic mass is 16.6. The summed E-state index contributed by atoms with van der Waals surface area (Å²) >= 11 is 0. The van der Waals surface area contributed by atoms with Gasteiger partial charge in [0.15, 0.2) is 11.5 Å². The number of nitrogens with one attached hydrogen (secondary N) is 1. The zero-order chi connectivity index (χ0) is 10.6. The van der Waals surface area contributed by atoms with E-state index in [2.05, 4.69) is 17.4 Å². The van der Waals surface area contributed by atoms with Gasteiger partial charge in [0.2, 0.25) is 0 Å². The number of hydrogen-bond donors (Lipinski definition) is 1. The van der Waals surface area contributed by atoms with E-state index < -0.39 is 0 Å². The van der Waals surface area contributed by atoms with Crippen molar-refractivity contribution in [3.63, 3.8) is 0 Å². The van der Waals surface area contributed by atoms with Crippen molar-refractivity contribution in [3.8, 4) is 11.5 Å². The van der Waals surface area contributed by atoms with Crippen LogP contribution in [0.15, 0.2) is 12.1 Å². The summed E-state index contributed by atoms with van der Waals surface area (Å²) in [5.41, 5.74) is 3.20. The van der Waals surface area contributed by atoms with E-state index in [0.717, 1.165) is 18.0 Å². The molecule has 84 valence electrons. The van der Waals surface area contributed by atoms with E-state index in [1.54, 1.807) is 0 Å². The Kier molecular flexibility index (Phi) is 1.55. The lowest BCUT2D eigenvalue weighted by Gasteiger charge is -2.28. The molecule has 4 rings (SSSR count). The Morgan fingerprint density at radius 1 is 1.06 bits per heavy atom. The lowest BCUT2D eigenvalue weighted by Crippen LogP contribution is -2.25. The van der Waals surface area contributed by atoms with Crippen molar-refractivity contribution < 1.29 is 9.47 Å². The average molecular weight is 217 g/mol. The largest absolute Gasteiger partial charge is 0.486 e. The van der Waals surface area contributed by atoms with Crippen molar-refractivity contribution in [2.75, 3.05) is 25.1 Å². The molecule has 1 aliphatic carbocycles. The molecule has 16 heavy (non-hydrogen) atoms. The maximum Gasteiger partial charge on any atom is 0.163 e. The van der Waals surface area contributed by atoms with E-state index in [0.29, 0.717) is 18.6 Å². The molecule has 0 amide bonds. The lowest BCUT2D eigenvalue weighted by molar-refractivity contribution is 0.171. The molecule has 1 aromatic carbocycles. The van der Waals surface area contributed by atoms with Crippen molar-refractivity contribution in [2.45, 2.75) is 19.3 Å². The van der Waals surface area contributed by atoms with Crippen LogP contribution in [0.2, 0.25) is 0 Å². The summed E-state index contributed by atoms with van der Waals surface area (Å²) in [7, 11) is 0. The van der Waals surface area contributed by atoms with Gasteiger partial charge in [0.25, 0.3) is 0 Å². The summed E-state index contributed by atoms with van der Waals surface area (Å²) in [5.74, 6) is 1.81. The molecule has 3 aliphatic rings. The Balaban J connectivity index is 1.77. The molecular formula is C13H15NO2. The predicted molar refractivity (Wildman–Crippen MR) is 61.3 cm³/mol. The smallest absolute Gasteiger partial charge is 0.163 e. The van der Waals surface area contributed by atoms with E-state index in [4.69, 9.17) is 9.47 Å². The average Bonchev–Trinajstić information content (AvgIpc) is 3.06. The molecule has 3 heteroatoms. The fraction of sp³-hybridized carbons (Fsp3) is 0.538. The molecule has 1 saturated carbocycles. The van der Waals surface area contributed by atoms with E-state index >= 15 is 0 Å². The summed E-state index contributed by atoms with van der Waals surface area (Å²) in [4.78, 5) is 0. The van der Waals surface area contributed by atoms with Crippen LogP contribution in [-0.2, 0) is 6.42 Å². The number of fused-ring (bicyclic) bond motifs is 2. The van der Waals surface area contributed by atoms with Gasteiger partial charge in [0.05, 0.1) is 0 Å². The molecule has 0 aromatic heterocycles. The lowest BCUT2D eigenvalue weighted by atomic mass is 9.91. The van der Waals surface area contributed by atoms with Crippen LogP contribution in [0.5, 0.6) is 11.5 Å². The summed E-state index contributed by atoms with van der Waals surface area (Å²) in [6.07, 6.45) is 3.94. The molecule has 2 aliphatic heterocycles. The molecule has 0 atom stereocenters. The van der Waals surface area contributed by atoms with E-state index in [1.165, 1.54) is 30.5 Å². The SMILES string of the molecule is c1c2c(cc3c1OCCO3)NCC1(CC1)C2. The monoisotopic (exact) mass is 217 g/mol.